The Balaban J connectivity index is 2.84. The van der Waals surface area contributed by atoms with Gasteiger partial charge in [0.25, 0.3) is 0 Å². The molecule has 0 spiro atoms. The highest BCUT2D eigenvalue weighted by atomic mass is 17.0. The van der Waals surface area contributed by atoms with E-state index in [1.165, 1.54) is 14.0 Å². The highest BCUT2D eigenvalue weighted by Gasteiger charge is 2.18. The van der Waals surface area contributed by atoms with Gasteiger partial charge >= 0.3 is 11.9 Å². The van der Waals surface area contributed by atoms with Gasteiger partial charge in [-0.05, 0) is 6.92 Å². The molecule has 0 saturated heterocycles. The van der Waals surface area contributed by atoms with E-state index in [1.807, 2.05) is 0 Å². The second-order valence-corrected chi connectivity index (χ2v) is 2.06. The van der Waals surface area contributed by atoms with Crippen LogP contribution in [0.5, 0.6) is 0 Å². The zero-order chi connectivity index (χ0) is 8.43. The third-order valence-corrected chi connectivity index (χ3v) is 1.09. The van der Waals surface area contributed by atoms with Crippen LogP contribution in [0.4, 0.5) is 0 Å². The van der Waals surface area contributed by atoms with Crippen molar-refractivity contribution in [2.24, 2.45) is 0 Å². The Bertz CT molecular complexity index is 233. The average molecular weight is 157 g/mol. The predicted molar refractivity (Wildman–Crippen MR) is 33.7 cm³/mol. The van der Waals surface area contributed by atoms with Crippen molar-refractivity contribution in [3.05, 3.63) is 11.6 Å². The fourth-order valence-electron chi connectivity index (χ4n) is 0.596. The molecule has 0 amide bonds. The van der Waals surface area contributed by atoms with Gasteiger partial charge in [0.2, 0.25) is 0 Å². The summed E-state index contributed by atoms with van der Waals surface area (Å²) in [5.41, 5.74) is 0.222. The van der Waals surface area contributed by atoms with Gasteiger partial charge in [0, 0.05) is 16.9 Å². The lowest BCUT2D eigenvalue weighted by molar-refractivity contribution is -0.304. The summed E-state index contributed by atoms with van der Waals surface area (Å²) in [4.78, 5) is 30.4. The van der Waals surface area contributed by atoms with E-state index < -0.39 is 11.9 Å². The van der Waals surface area contributed by atoms with Gasteiger partial charge < -0.3 is 9.68 Å². The predicted octanol–water partition coefficient (Wildman–Crippen LogP) is -0.206. The van der Waals surface area contributed by atoms with Crippen LogP contribution in [-0.2, 0) is 19.3 Å². The summed E-state index contributed by atoms with van der Waals surface area (Å²) < 4.78 is 0. The molecule has 0 bridgehead atoms. The fraction of sp³-hybridized carbons (Fsp3) is 0.333. The summed E-state index contributed by atoms with van der Waals surface area (Å²) in [6, 6.07) is 0. The maximum absolute atomic E-state index is 10.8. The monoisotopic (exact) mass is 157 g/mol. The van der Waals surface area contributed by atoms with E-state index in [9.17, 15) is 9.59 Å². The molecule has 1 aliphatic rings. The SMILES string of the molecule is CC1=CC(=O)ON(C)OC1=O. The van der Waals surface area contributed by atoms with Crippen LogP contribution in [0.15, 0.2) is 11.6 Å². The minimum Gasteiger partial charge on any atom is -0.329 e. The first-order chi connectivity index (χ1) is 5.09. The van der Waals surface area contributed by atoms with Crippen LogP contribution < -0.4 is 0 Å². The molecule has 0 unspecified atom stereocenters. The molecule has 0 fully saturated rings. The van der Waals surface area contributed by atoms with Crippen LogP contribution in [0.25, 0.3) is 0 Å². The molecule has 11 heavy (non-hydrogen) atoms. The third kappa shape index (κ3) is 1.78. The molecular weight excluding hydrogens is 150 g/mol. The van der Waals surface area contributed by atoms with Gasteiger partial charge in [-0.3, -0.25) is 0 Å². The normalized spacial score (nSPS) is 20.0. The molecule has 0 N–H and O–H groups in total. The first kappa shape index (κ1) is 7.74. The summed E-state index contributed by atoms with van der Waals surface area (Å²) in [6.45, 7) is 1.47. The van der Waals surface area contributed by atoms with Crippen molar-refractivity contribution in [1.29, 1.82) is 0 Å². The smallest absolute Gasteiger partial charge is 0.329 e. The van der Waals surface area contributed by atoms with Crippen LogP contribution in [0.1, 0.15) is 6.92 Å². The van der Waals surface area contributed by atoms with Crippen LogP contribution in [-0.4, -0.2) is 24.2 Å². The summed E-state index contributed by atoms with van der Waals surface area (Å²) >= 11 is 0. The number of rotatable bonds is 0. The van der Waals surface area contributed by atoms with Crippen molar-refractivity contribution in [2.45, 2.75) is 6.92 Å². The van der Waals surface area contributed by atoms with Crippen molar-refractivity contribution < 1.29 is 19.3 Å². The lowest BCUT2D eigenvalue weighted by atomic mass is 10.3. The van der Waals surface area contributed by atoms with E-state index in [4.69, 9.17) is 0 Å². The van der Waals surface area contributed by atoms with Gasteiger partial charge in [0.15, 0.2) is 0 Å². The molecule has 1 aliphatic heterocycles. The molecule has 0 radical (unpaired) electrons. The summed E-state index contributed by atoms with van der Waals surface area (Å²) in [7, 11) is 1.32. The molecule has 0 aromatic heterocycles. The number of carbonyl (C=O) groups excluding carboxylic acids is 2. The minimum absolute atomic E-state index is 0.222. The van der Waals surface area contributed by atoms with Crippen LogP contribution >= 0.6 is 0 Å². The van der Waals surface area contributed by atoms with Gasteiger partial charge in [-0.15, -0.1) is 0 Å². The Morgan fingerprint density at radius 2 is 2.00 bits per heavy atom. The molecule has 1 rings (SSSR count). The second-order valence-electron chi connectivity index (χ2n) is 2.06. The Hall–Kier alpha value is -1.36. The molecule has 5 heteroatoms. The number of nitrogens with zero attached hydrogens (tertiary/aromatic N) is 1. The van der Waals surface area contributed by atoms with E-state index in [-0.39, 0.29) is 5.57 Å². The van der Waals surface area contributed by atoms with Gasteiger partial charge in [-0.2, -0.15) is 0 Å². The Morgan fingerprint density at radius 3 is 2.64 bits per heavy atom. The highest BCUT2D eigenvalue weighted by Crippen LogP contribution is 2.05. The molecule has 60 valence electrons. The summed E-state index contributed by atoms with van der Waals surface area (Å²) in [5, 5.41) is 0.720. The number of hydroxylamine groups is 2. The van der Waals surface area contributed by atoms with E-state index in [2.05, 4.69) is 9.68 Å². The lowest BCUT2D eigenvalue weighted by Gasteiger charge is -2.09. The van der Waals surface area contributed by atoms with Crippen molar-refractivity contribution in [2.75, 3.05) is 7.05 Å². The first-order valence-electron chi connectivity index (χ1n) is 2.96. The minimum atomic E-state index is -0.615. The molecule has 0 aromatic rings. The summed E-state index contributed by atoms with van der Waals surface area (Å²) in [5.74, 6) is -1.20. The Labute approximate surface area is 63.1 Å². The van der Waals surface area contributed by atoms with Crippen LogP contribution in [0.2, 0.25) is 0 Å². The van der Waals surface area contributed by atoms with Crippen molar-refractivity contribution in [1.82, 2.24) is 5.23 Å². The molecule has 0 saturated carbocycles. The lowest BCUT2D eigenvalue weighted by Crippen LogP contribution is -2.22. The third-order valence-electron chi connectivity index (χ3n) is 1.09. The number of carbonyl (C=O) groups is 2. The molecule has 5 nitrogen and oxygen atoms in total. The van der Waals surface area contributed by atoms with Gasteiger partial charge in [-0.1, -0.05) is 0 Å². The van der Waals surface area contributed by atoms with Gasteiger partial charge in [-0.25, -0.2) is 9.59 Å². The average Bonchev–Trinajstić information content (AvgIpc) is 1.93. The standard InChI is InChI=1S/C6H7NO4/c1-4-3-5(8)10-7(2)11-6(4)9/h3H,1-2H3. The van der Waals surface area contributed by atoms with E-state index in [0.717, 1.165) is 11.3 Å². The zero-order valence-electron chi connectivity index (χ0n) is 6.16. The maximum atomic E-state index is 10.8. The number of hydrogen-bond donors (Lipinski definition) is 0. The first-order valence-corrected chi connectivity index (χ1v) is 2.96. The fourth-order valence-corrected chi connectivity index (χ4v) is 0.596. The van der Waals surface area contributed by atoms with E-state index >= 15 is 0 Å². The Morgan fingerprint density at radius 1 is 1.36 bits per heavy atom. The zero-order valence-corrected chi connectivity index (χ0v) is 6.16. The topological polar surface area (TPSA) is 55.8 Å². The number of hydrogen-bond acceptors (Lipinski definition) is 5. The van der Waals surface area contributed by atoms with Crippen molar-refractivity contribution in [3.8, 4) is 0 Å². The van der Waals surface area contributed by atoms with Crippen LogP contribution in [0, 0.1) is 0 Å². The van der Waals surface area contributed by atoms with E-state index in [0.29, 0.717) is 0 Å². The second kappa shape index (κ2) is 2.71. The highest BCUT2D eigenvalue weighted by molar-refractivity contribution is 5.96. The summed E-state index contributed by atoms with van der Waals surface area (Å²) in [6.07, 6.45) is 1.08. The van der Waals surface area contributed by atoms with Crippen molar-refractivity contribution >= 4 is 11.9 Å². The molecule has 1 heterocycles. The largest absolute Gasteiger partial charge is 0.356 e. The molecule has 0 atom stereocenters. The molecule has 0 aliphatic carbocycles. The van der Waals surface area contributed by atoms with Gasteiger partial charge in [0.1, 0.15) is 0 Å². The molecule has 0 aromatic carbocycles. The van der Waals surface area contributed by atoms with Crippen LogP contribution in [0.3, 0.4) is 0 Å². The van der Waals surface area contributed by atoms with Crippen molar-refractivity contribution in [3.63, 3.8) is 0 Å². The maximum Gasteiger partial charge on any atom is 0.356 e. The van der Waals surface area contributed by atoms with Gasteiger partial charge in [0.05, 0.1) is 7.05 Å². The quantitative estimate of drug-likeness (QED) is 0.487. The van der Waals surface area contributed by atoms with E-state index in [1.54, 1.807) is 0 Å². The molecular formula is C6H7NO4. The Kier molecular flexibility index (Phi) is 1.91.